The lowest BCUT2D eigenvalue weighted by molar-refractivity contribution is -0.144. The van der Waals surface area contributed by atoms with Crippen LogP contribution in [0, 0.1) is 13.8 Å². The fraction of sp³-hybridized carbons (Fsp3) is 0.263. The molecule has 0 aliphatic heterocycles. The van der Waals surface area contributed by atoms with E-state index in [9.17, 15) is 22.8 Å². The minimum atomic E-state index is -4.60. The molecule has 0 spiro atoms. The van der Waals surface area contributed by atoms with Crippen molar-refractivity contribution in [3.8, 4) is 0 Å². The Morgan fingerprint density at radius 1 is 1.14 bits per heavy atom. The molecule has 0 aliphatic carbocycles. The van der Waals surface area contributed by atoms with Gasteiger partial charge in [-0.1, -0.05) is 28.1 Å². The van der Waals surface area contributed by atoms with E-state index < -0.39 is 30.2 Å². The van der Waals surface area contributed by atoms with Gasteiger partial charge in [-0.2, -0.15) is 13.2 Å². The van der Waals surface area contributed by atoms with Crippen molar-refractivity contribution in [2.75, 3.05) is 17.7 Å². The maximum Gasteiger partial charge on any atom is 0.418 e. The number of halogens is 4. The van der Waals surface area contributed by atoms with Crippen molar-refractivity contribution >= 4 is 45.3 Å². The lowest BCUT2D eigenvalue weighted by Crippen LogP contribution is -2.23. The molecule has 0 fully saturated rings. The Hall–Kier alpha value is -2.00. The number of carbonyl (C=O) groups is 2. The third-order valence-electron chi connectivity index (χ3n) is 3.67. The van der Waals surface area contributed by atoms with Crippen molar-refractivity contribution in [1.82, 2.24) is 0 Å². The first-order valence-corrected chi connectivity index (χ1v) is 9.87. The van der Waals surface area contributed by atoms with Gasteiger partial charge in [0.1, 0.15) is 0 Å². The van der Waals surface area contributed by atoms with E-state index in [2.05, 4.69) is 21.2 Å². The van der Waals surface area contributed by atoms with E-state index in [0.717, 1.165) is 32.6 Å². The van der Waals surface area contributed by atoms with E-state index in [1.165, 1.54) is 23.9 Å². The van der Waals surface area contributed by atoms with Crippen LogP contribution in [0.1, 0.15) is 16.7 Å². The van der Waals surface area contributed by atoms with Gasteiger partial charge in [-0.25, -0.2) is 0 Å². The van der Waals surface area contributed by atoms with Gasteiger partial charge in [0.2, 0.25) is 0 Å². The van der Waals surface area contributed by atoms with Gasteiger partial charge in [-0.3, -0.25) is 9.59 Å². The minimum absolute atomic E-state index is 0.0195. The first-order chi connectivity index (χ1) is 13.1. The molecule has 0 bridgehead atoms. The number of nitrogens with one attached hydrogen (secondary N) is 1. The van der Waals surface area contributed by atoms with Crippen LogP contribution in [0.15, 0.2) is 45.8 Å². The van der Waals surface area contributed by atoms with Crippen LogP contribution < -0.4 is 5.32 Å². The zero-order valence-corrected chi connectivity index (χ0v) is 17.4. The maximum absolute atomic E-state index is 12.9. The smallest absolute Gasteiger partial charge is 0.418 e. The summed E-state index contributed by atoms with van der Waals surface area (Å²) >= 11 is 4.69. The molecule has 0 saturated carbocycles. The third kappa shape index (κ3) is 6.27. The maximum atomic E-state index is 12.9. The molecule has 0 radical (unpaired) electrons. The molecular weight excluding hydrogens is 459 g/mol. The van der Waals surface area contributed by atoms with Gasteiger partial charge >= 0.3 is 12.1 Å². The third-order valence-corrected chi connectivity index (χ3v) is 5.66. The standard InChI is InChI=1S/C19H17BrF3NO3S/c1-11-8-16(12(2)7-14(11)20)28-10-18(26)27-9-17(25)24-15-6-4-3-5-13(15)19(21,22)23/h3-8H,9-10H2,1-2H3,(H,24,25). The second-order valence-electron chi connectivity index (χ2n) is 5.91. The minimum Gasteiger partial charge on any atom is -0.455 e. The summed E-state index contributed by atoms with van der Waals surface area (Å²) in [5.41, 5.74) is 0.652. The van der Waals surface area contributed by atoms with E-state index in [4.69, 9.17) is 4.74 Å². The van der Waals surface area contributed by atoms with Crippen molar-refractivity contribution in [3.05, 3.63) is 57.6 Å². The number of thioether (sulfide) groups is 1. The molecule has 1 N–H and O–H groups in total. The first kappa shape index (κ1) is 22.3. The molecule has 9 heteroatoms. The molecule has 0 unspecified atom stereocenters. The monoisotopic (exact) mass is 475 g/mol. The molecule has 0 heterocycles. The lowest BCUT2D eigenvalue weighted by atomic mass is 10.1. The summed E-state index contributed by atoms with van der Waals surface area (Å²) < 4.78 is 44.6. The van der Waals surface area contributed by atoms with Crippen LogP contribution >= 0.6 is 27.7 Å². The summed E-state index contributed by atoms with van der Waals surface area (Å²) in [6.45, 7) is 3.17. The Balaban J connectivity index is 1.87. The first-order valence-electron chi connectivity index (χ1n) is 8.09. The number of aryl methyl sites for hydroxylation is 2. The molecule has 0 aromatic heterocycles. The Kier molecular flexibility index (Phi) is 7.54. The van der Waals surface area contributed by atoms with Crippen LogP contribution in [-0.2, 0) is 20.5 Å². The van der Waals surface area contributed by atoms with Crippen LogP contribution in [-0.4, -0.2) is 24.2 Å². The average Bonchev–Trinajstić information content (AvgIpc) is 2.61. The number of carbonyl (C=O) groups excluding carboxylic acids is 2. The van der Waals surface area contributed by atoms with Crippen LogP contribution in [0.5, 0.6) is 0 Å². The molecule has 0 saturated heterocycles. The Morgan fingerprint density at radius 3 is 2.50 bits per heavy atom. The van der Waals surface area contributed by atoms with Crippen LogP contribution in [0.4, 0.5) is 18.9 Å². The zero-order chi connectivity index (χ0) is 20.9. The number of alkyl halides is 3. The zero-order valence-electron chi connectivity index (χ0n) is 15.0. The largest absolute Gasteiger partial charge is 0.455 e. The number of hydrogen-bond acceptors (Lipinski definition) is 4. The Labute approximate surface area is 173 Å². The SMILES string of the molecule is Cc1cc(SCC(=O)OCC(=O)Nc2ccccc2C(F)(F)F)c(C)cc1Br. The molecule has 0 atom stereocenters. The van der Waals surface area contributed by atoms with E-state index >= 15 is 0 Å². The van der Waals surface area contributed by atoms with E-state index in [1.54, 1.807) is 0 Å². The van der Waals surface area contributed by atoms with Crippen LogP contribution in [0.25, 0.3) is 0 Å². The molecule has 4 nitrogen and oxygen atoms in total. The number of anilines is 1. The second kappa shape index (κ2) is 9.47. The highest BCUT2D eigenvalue weighted by Crippen LogP contribution is 2.34. The highest BCUT2D eigenvalue weighted by atomic mass is 79.9. The van der Waals surface area contributed by atoms with Crippen molar-refractivity contribution < 1.29 is 27.5 Å². The number of rotatable bonds is 6. The molecule has 2 aromatic rings. The van der Waals surface area contributed by atoms with Crippen LogP contribution in [0.2, 0.25) is 0 Å². The van der Waals surface area contributed by atoms with Crippen molar-refractivity contribution in [1.29, 1.82) is 0 Å². The molecule has 150 valence electrons. The van der Waals surface area contributed by atoms with Gasteiger partial charge in [-0.15, -0.1) is 11.8 Å². The number of benzene rings is 2. The number of amides is 1. The molecule has 2 aromatic carbocycles. The number of hydrogen-bond donors (Lipinski definition) is 1. The van der Waals surface area contributed by atoms with Crippen LogP contribution in [0.3, 0.4) is 0 Å². The normalized spacial score (nSPS) is 11.2. The van der Waals surface area contributed by atoms with Gasteiger partial charge in [0.05, 0.1) is 17.0 Å². The lowest BCUT2D eigenvalue weighted by Gasteiger charge is -2.13. The van der Waals surface area contributed by atoms with Crippen molar-refractivity contribution in [3.63, 3.8) is 0 Å². The summed E-state index contributed by atoms with van der Waals surface area (Å²) in [6, 6.07) is 8.46. The molecular formula is C19H17BrF3NO3S. The van der Waals surface area contributed by atoms with Crippen molar-refractivity contribution in [2.24, 2.45) is 0 Å². The summed E-state index contributed by atoms with van der Waals surface area (Å²) in [6.07, 6.45) is -4.60. The summed E-state index contributed by atoms with van der Waals surface area (Å²) in [4.78, 5) is 24.6. The quantitative estimate of drug-likeness (QED) is 0.451. The summed E-state index contributed by atoms with van der Waals surface area (Å²) in [5, 5.41) is 2.12. The number of para-hydroxylation sites is 1. The highest BCUT2D eigenvalue weighted by molar-refractivity contribution is 9.10. The molecule has 2 rings (SSSR count). The highest BCUT2D eigenvalue weighted by Gasteiger charge is 2.33. The Bertz CT molecular complexity index is 887. The van der Waals surface area contributed by atoms with E-state index in [0.29, 0.717) is 0 Å². The van der Waals surface area contributed by atoms with Gasteiger partial charge in [-0.05, 0) is 49.2 Å². The second-order valence-corrected chi connectivity index (χ2v) is 7.78. The van der Waals surface area contributed by atoms with E-state index in [-0.39, 0.29) is 11.4 Å². The average molecular weight is 476 g/mol. The van der Waals surface area contributed by atoms with Gasteiger partial charge in [0.25, 0.3) is 5.91 Å². The molecule has 28 heavy (non-hydrogen) atoms. The molecule has 1 amide bonds. The predicted molar refractivity (Wildman–Crippen MR) is 105 cm³/mol. The fourth-order valence-corrected chi connectivity index (χ4v) is 3.62. The summed E-state index contributed by atoms with van der Waals surface area (Å²) in [7, 11) is 0. The van der Waals surface area contributed by atoms with Gasteiger partial charge in [0, 0.05) is 9.37 Å². The number of esters is 1. The fourth-order valence-electron chi connectivity index (χ4n) is 2.26. The Morgan fingerprint density at radius 2 is 1.82 bits per heavy atom. The number of ether oxygens (including phenoxy) is 1. The summed E-state index contributed by atoms with van der Waals surface area (Å²) in [5.74, 6) is -1.50. The predicted octanol–water partition coefficient (Wildman–Crippen LogP) is 5.36. The van der Waals surface area contributed by atoms with Gasteiger partial charge in [0.15, 0.2) is 6.61 Å². The van der Waals surface area contributed by atoms with Crippen molar-refractivity contribution in [2.45, 2.75) is 24.9 Å². The van der Waals surface area contributed by atoms with Gasteiger partial charge < -0.3 is 10.1 Å². The molecule has 0 aliphatic rings. The topological polar surface area (TPSA) is 55.4 Å². The van der Waals surface area contributed by atoms with E-state index in [1.807, 2.05) is 26.0 Å².